The zero-order valence-electron chi connectivity index (χ0n) is 11.2. The molecule has 0 bridgehead atoms. The molecule has 1 unspecified atom stereocenters. The highest BCUT2D eigenvalue weighted by Crippen LogP contribution is 2.22. The molecule has 1 aromatic rings. The Morgan fingerprint density at radius 2 is 2.32 bits per heavy atom. The molecule has 0 saturated heterocycles. The third kappa shape index (κ3) is 3.44. The number of nitrogens with one attached hydrogen (secondary N) is 1. The lowest BCUT2D eigenvalue weighted by atomic mass is 9.95. The molecule has 0 spiro atoms. The van der Waals surface area contributed by atoms with Crippen LogP contribution in [0.5, 0.6) is 5.75 Å². The lowest BCUT2D eigenvalue weighted by molar-refractivity contribution is -0.117. The number of Topliss-reactive ketones (excluding diaryl/α,β-unsaturated/α-hetero) is 1. The fraction of sp³-hybridized carbons (Fsp3) is 0.333. The van der Waals surface area contributed by atoms with Gasteiger partial charge in [0.25, 0.3) is 0 Å². The van der Waals surface area contributed by atoms with Crippen molar-refractivity contribution in [2.24, 2.45) is 0 Å². The maximum atomic E-state index is 11.8. The van der Waals surface area contributed by atoms with Crippen molar-refractivity contribution in [1.82, 2.24) is 4.98 Å². The topological polar surface area (TPSA) is 51.2 Å². The number of carbonyl (C=O) groups is 1. The highest BCUT2D eigenvalue weighted by Gasteiger charge is 2.19. The van der Waals surface area contributed by atoms with E-state index < -0.39 is 0 Å². The van der Waals surface area contributed by atoms with Gasteiger partial charge in [0.05, 0.1) is 25.2 Å². The fourth-order valence-electron chi connectivity index (χ4n) is 2.09. The summed E-state index contributed by atoms with van der Waals surface area (Å²) in [7, 11) is 1.59. The smallest absolute Gasteiger partial charge is 0.156 e. The number of ketones is 1. The van der Waals surface area contributed by atoms with Gasteiger partial charge in [-0.3, -0.25) is 9.78 Å². The zero-order valence-corrected chi connectivity index (χ0v) is 11.2. The molecular formula is C15H18N2O2. The van der Waals surface area contributed by atoms with Crippen molar-refractivity contribution >= 4 is 11.5 Å². The number of methoxy groups -OCH3 is 1. The molecule has 2 rings (SSSR count). The summed E-state index contributed by atoms with van der Waals surface area (Å²) in [5.74, 6) is 0.772. The van der Waals surface area contributed by atoms with Gasteiger partial charge in [0.1, 0.15) is 11.8 Å². The molecule has 0 radical (unpaired) electrons. The van der Waals surface area contributed by atoms with Crippen LogP contribution < -0.4 is 10.1 Å². The molecule has 1 N–H and O–H groups in total. The van der Waals surface area contributed by atoms with Crippen LogP contribution in [0.1, 0.15) is 19.8 Å². The first-order valence-corrected chi connectivity index (χ1v) is 6.32. The molecule has 1 heterocycles. The molecular weight excluding hydrogens is 240 g/mol. The highest BCUT2D eigenvalue weighted by molar-refractivity contribution is 5.87. The molecule has 19 heavy (non-hydrogen) atoms. The predicted molar refractivity (Wildman–Crippen MR) is 75.3 cm³/mol. The predicted octanol–water partition coefficient (Wildman–Crippen LogP) is 2.74. The van der Waals surface area contributed by atoms with Gasteiger partial charge >= 0.3 is 0 Å². The van der Waals surface area contributed by atoms with Gasteiger partial charge < -0.3 is 10.1 Å². The maximum absolute atomic E-state index is 11.8. The first kappa shape index (κ1) is 13.3. The Bertz CT molecular complexity index is 521. The average molecular weight is 258 g/mol. The summed E-state index contributed by atoms with van der Waals surface area (Å²) in [6.45, 7) is 1.60. The van der Waals surface area contributed by atoms with Gasteiger partial charge in [0.15, 0.2) is 5.78 Å². The quantitative estimate of drug-likeness (QED) is 0.882. The van der Waals surface area contributed by atoms with E-state index in [0.29, 0.717) is 5.75 Å². The largest absolute Gasteiger partial charge is 0.495 e. The average Bonchev–Trinajstić information content (AvgIpc) is 2.45. The van der Waals surface area contributed by atoms with Crippen LogP contribution in [-0.2, 0) is 4.79 Å². The van der Waals surface area contributed by atoms with E-state index in [2.05, 4.69) is 16.4 Å². The van der Waals surface area contributed by atoms with E-state index in [9.17, 15) is 4.79 Å². The van der Waals surface area contributed by atoms with E-state index in [1.54, 1.807) is 26.4 Å². The summed E-state index contributed by atoms with van der Waals surface area (Å²) >= 11 is 0. The van der Waals surface area contributed by atoms with Crippen molar-refractivity contribution in [1.29, 1.82) is 0 Å². The van der Waals surface area contributed by atoms with Crippen LogP contribution in [0.2, 0.25) is 0 Å². The Hall–Kier alpha value is -2.10. The minimum atomic E-state index is -0.293. The van der Waals surface area contributed by atoms with Crippen molar-refractivity contribution in [3.8, 4) is 5.75 Å². The normalized spacial score (nSPS) is 15.6. The van der Waals surface area contributed by atoms with E-state index in [1.165, 1.54) is 0 Å². The second-order valence-electron chi connectivity index (χ2n) is 4.51. The van der Waals surface area contributed by atoms with Crippen molar-refractivity contribution < 1.29 is 9.53 Å². The number of hydrogen-bond donors (Lipinski definition) is 1. The molecule has 0 aromatic carbocycles. The third-order valence-corrected chi connectivity index (χ3v) is 3.08. The van der Waals surface area contributed by atoms with Crippen molar-refractivity contribution in [2.75, 3.05) is 12.4 Å². The Labute approximate surface area is 113 Å². The van der Waals surface area contributed by atoms with Gasteiger partial charge in [-0.1, -0.05) is 18.2 Å². The van der Waals surface area contributed by atoms with E-state index >= 15 is 0 Å². The number of ether oxygens (including phenoxy) is 1. The monoisotopic (exact) mass is 258 g/mol. The van der Waals surface area contributed by atoms with Gasteiger partial charge in [-0.2, -0.15) is 0 Å². The number of rotatable bonds is 5. The van der Waals surface area contributed by atoms with Crippen molar-refractivity contribution in [3.63, 3.8) is 0 Å². The van der Waals surface area contributed by atoms with Crippen LogP contribution in [-0.4, -0.2) is 23.9 Å². The van der Waals surface area contributed by atoms with Gasteiger partial charge in [-0.25, -0.2) is 0 Å². The molecule has 4 heteroatoms. The lowest BCUT2D eigenvalue weighted by Gasteiger charge is -2.21. The second kappa shape index (κ2) is 6.18. The molecule has 1 atom stereocenters. The third-order valence-electron chi connectivity index (χ3n) is 3.08. The summed E-state index contributed by atoms with van der Waals surface area (Å²) in [6.07, 6.45) is 11.3. The molecule has 4 nitrogen and oxygen atoms in total. The van der Waals surface area contributed by atoms with Gasteiger partial charge in [-0.05, 0) is 25.3 Å². The van der Waals surface area contributed by atoms with Gasteiger partial charge in [-0.15, -0.1) is 0 Å². The molecule has 1 aromatic heterocycles. The second-order valence-corrected chi connectivity index (χ2v) is 4.51. The Balaban J connectivity index is 2.18. The van der Waals surface area contributed by atoms with Crippen LogP contribution in [0.3, 0.4) is 0 Å². The molecule has 0 saturated carbocycles. The molecule has 1 aliphatic rings. The maximum Gasteiger partial charge on any atom is 0.156 e. The number of hydrogen-bond acceptors (Lipinski definition) is 4. The number of pyridine rings is 1. The molecule has 100 valence electrons. The minimum Gasteiger partial charge on any atom is -0.495 e. The summed E-state index contributed by atoms with van der Waals surface area (Å²) in [6, 6.07) is 1.54. The van der Waals surface area contributed by atoms with E-state index in [0.717, 1.165) is 24.1 Å². The Morgan fingerprint density at radius 1 is 1.47 bits per heavy atom. The first-order valence-electron chi connectivity index (χ1n) is 6.32. The highest BCUT2D eigenvalue weighted by atomic mass is 16.5. The number of allylic oxidation sites excluding steroid dienone is 3. The van der Waals surface area contributed by atoms with Crippen LogP contribution in [0.15, 0.2) is 42.3 Å². The van der Waals surface area contributed by atoms with E-state index in [4.69, 9.17) is 4.74 Å². The number of carbonyl (C=O) groups excluding carboxylic acids is 1. The number of aromatic nitrogens is 1. The molecule has 0 aliphatic heterocycles. The van der Waals surface area contributed by atoms with E-state index in [-0.39, 0.29) is 11.8 Å². The van der Waals surface area contributed by atoms with Crippen LogP contribution in [0.25, 0.3) is 0 Å². The van der Waals surface area contributed by atoms with Gasteiger partial charge in [0.2, 0.25) is 0 Å². The molecule has 1 aliphatic carbocycles. The Morgan fingerprint density at radius 3 is 2.95 bits per heavy atom. The van der Waals surface area contributed by atoms with Crippen LogP contribution in [0.4, 0.5) is 5.69 Å². The van der Waals surface area contributed by atoms with E-state index in [1.807, 2.05) is 18.2 Å². The number of nitrogens with zero attached hydrogens (tertiary/aromatic N) is 1. The van der Waals surface area contributed by atoms with Crippen molar-refractivity contribution in [3.05, 3.63) is 42.3 Å². The standard InChI is InChI=1S/C15H18N2O2/c1-11(18)15(12-6-4-3-5-7-12)17-13-8-14(19-2)10-16-9-13/h3-4,6,8-10,15,17H,5,7H2,1-2H3. The summed E-state index contributed by atoms with van der Waals surface area (Å²) < 4.78 is 5.13. The number of anilines is 1. The van der Waals surface area contributed by atoms with Crippen LogP contribution >= 0.6 is 0 Å². The summed E-state index contributed by atoms with van der Waals surface area (Å²) in [5.41, 5.74) is 1.90. The zero-order chi connectivity index (χ0) is 13.7. The van der Waals surface area contributed by atoms with Crippen molar-refractivity contribution in [2.45, 2.75) is 25.8 Å². The summed E-state index contributed by atoms with van der Waals surface area (Å²) in [5, 5.41) is 3.23. The minimum absolute atomic E-state index is 0.101. The fourth-order valence-corrected chi connectivity index (χ4v) is 2.09. The summed E-state index contributed by atoms with van der Waals surface area (Å²) in [4.78, 5) is 15.9. The Kier molecular flexibility index (Phi) is 4.34. The van der Waals surface area contributed by atoms with Gasteiger partial charge in [0, 0.05) is 6.07 Å². The first-order chi connectivity index (χ1) is 9.20. The van der Waals surface area contributed by atoms with Crippen LogP contribution in [0, 0.1) is 0 Å². The lowest BCUT2D eigenvalue weighted by Crippen LogP contribution is -2.30. The molecule has 0 amide bonds. The molecule has 0 fully saturated rings. The SMILES string of the molecule is COc1cncc(NC(C(C)=O)C2=CC=CCC2)c1.